The lowest BCUT2D eigenvalue weighted by atomic mass is 9.97. The Morgan fingerprint density at radius 3 is 2.62 bits per heavy atom. The van der Waals surface area contributed by atoms with Gasteiger partial charge in [0.15, 0.2) is 11.6 Å². The highest BCUT2D eigenvalue weighted by Gasteiger charge is 2.18. The molecule has 2 N–H and O–H groups in total. The molecule has 6 heteroatoms. The number of alkyl halides is 1. The summed E-state index contributed by atoms with van der Waals surface area (Å²) in [6.45, 7) is 1.11. The smallest absolute Gasteiger partial charge is 0.315 e. The van der Waals surface area contributed by atoms with Gasteiger partial charge in [-0.25, -0.2) is 18.0 Å². The molecule has 3 nitrogen and oxygen atoms in total. The Kier molecular flexibility index (Phi) is 6.23. The molecule has 0 heterocycles. The van der Waals surface area contributed by atoms with E-state index >= 15 is 0 Å². The van der Waals surface area contributed by atoms with Crippen LogP contribution in [0, 0.1) is 18.6 Å². The van der Waals surface area contributed by atoms with E-state index in [1.807, 2.05) is 25.1 Å². The Labute approximate surface area is 138 Å². The van der Waals surface area contributed by atoms with E-state index in [1.54, 1.807) is 6.07 Å². The molecule has 2 aromatic rings. The first-order chi connectivity index (χ1) is 11.5. The molecule has 0 aliphatic carbocycles. The predicted molar refractivity (Wildman–Crippen MR) is 86.5 cm³/mol. The van der Waals surface area contributed by atoms with Crippen LogP contribution < -0.4 is 10.6 Å². The number of hydrogen-bond donors (Lipinski definition) is 2. The molecule has 2 rings (SSSR count). The molecule has 0 fully saturated rings. The molecule has 24 heavy (non-hydrogen) atoms. The van der Waals surface area contributed by atoms with Crippen LogP contribution in [-0.2, 0) is 6.42 Å². The third-order valence-electron chi connectivity index (χ3n) is 3.59. The zero-order valence-corrected chi connectivity index (χ0v) is 13.3. The van der Waals surface area contributed by atoms with E-state index < -0.39 is 30.4 Å². The van der Waals surface area contributed by atoms with Crippen molar-refractivity contribution in [3.8, 4) is 0 Å². The molecule has 1 unspecified atom stereocenters. The maximum atomic E-state index is 13.9. The van der Waals surface area contributed by atoms with Gasteiger partial charge in [0.1, 0.15) is 6.67 Å². The monoisotopic (exact) mass is 336 g/mol. The second kappa shape index (κ2) is 8.38. The van der Waals surface area contributed by atoms with E-state index in [0.29, 0.717) is 0 Å². The van der Waals surface area contributed by atoms with Crippen LogP contribution >= 0.6 is 0 Å². The highest BCUT2D eigenvalue weighted by Crippen LogP contribution is 2.22. The molecule has 0 aromatic heterocycles. The van der Waals surface area contributed by atoms with E-state index in [-0.39, 0.29) is 18.5 Å². The number of urea groups is 1. The van der Waals surface area contributed by atoms with Gasteiger partial charge in [-0.2, -0.15) is 0 Å². The van der Waals surface area contributed by atoms with E-state index in [2.05, 4.69) is 10.6 Å². The first kappa shape index (κ1) is 17.8. The van der Waals surface area contributed by atoms with Crippen LogP contribution in [0.5, 0.6) is 0 Å². The minimum absolute atomic E-state index is 0.0795. The van der Waals surface area contributed by atoms with Gasteiger partial charge >= 0.3 is 6.03 Å². The van der Waals surface area contributed by atoms with Gasteiger partial charge in [0.05, 0.1) is 6.04 Å². The topological polar surface area (TPSA) is 41.1 Å². The van der Waals surface area contributed by atoms with Crippen molar-refractivity contribution in [2.75, 3.05) is 13.2 Å². The van der Waals surface area contributed by atoms with Gasteiger partial charge < -0.3 is 10.6 Å². The molecular formula is C18H19F3N2O. The van der Waals surface area contributed by atoms with Crippen LogP contribution in [0.15, 0.2) is 42.5 Å². The van der Waals surface area contributed by atoms with Crippen molar-refractivity contribution in [1.82, 2.24) is 10.6 Å². The Hall–Kier alpha value is -2.50. The lowest BCUT2D eigenvalue weighted by Crippen LogP contribution is -2.39. The van der Waals surface area contributed by atoms with Gasteiger partial charge in [-0.05, 0) is 30.5 Å². The second-order valence-electron chi connectivity index (χ2n) is 5.47. The largest absolute Gasteiger partial charge is 0.336 e. The van der Waals surface area contributed by atoms with Crippen molar-refractivity contribution in [3.05, 3.63) is 70.8 Å². The second-order valence-corrected chi connectivity index (χ2v) is 5.47. The van der Waals surface area contributed by atoms with Crippen molar-refractivity contribution < 1.29 is 18.0 Å². The summed E-state index contributed by atoms with van der Waals surface area (Å²) in [7, 11) is 0. The fourth-order valence-electron chi connectivity index (χ4n) is 2.44. The molecule has 2 amide bonds. The first-order valence-corrected chi connectivity index (χ1v) is 7.61. The number of nitrogens with one attached hydrogen (secondary N) is 2. The third-order valence-corrected chi connectivity index (χ3v) is 3.59. The van der Waals surface area contributed by atoms with Gasteiger partial charge in [-0.3, -0.25) is 0 Å². The van der Waals surface area contributed by atoms with Crippen molar-refractivity contribution >= 4 is 6.03 Å². The van der Waals surface area contributed by atoms with Crippen LogP contribution in [0.25, 0.3) is 0 Å². The lowest BCUT2D eigenvalue weighted by molar-refractivity contribution is 0.235. The quantitative estimate of drug-likeness (QED) is 0.827. The van der Waals surface area contributed by atoms with Gasteiger partial charge in [-0.15, -0.1) is 0 Å². The SMILES string of the molecule is Cc1cccc(C(Cc2cccc(F)c2F)NC(=O)NCCF)c1. The van der Waals surface area contributed by atoms with E-state index in [0.717, 1.165) is 17.2 Å². The summed E-state index contributed by atoms with van der Waals surface area (Å²) in [5, 5.41) is 5.05. The zero-order chi connectivity index (χ0) is 17.5. The molecule has 0 radical (unpaired) electrons. The van der Waals surface area contributed by atoms with Crippen molar-refractivity contribution in [3.63, 3.8) is 0 Å². The van der Waals surface area contributed by atoms with Crippen LogP contribution in [-0.4, -0.2) is 19.3 Å². The van der Waals surface area contributed by atoms with Gasteiger partial charge in [0, 0.05) is 6.54 Å². The normalized spacial score (nSPS) is 11.8. The van der Waals surface area contributed by atoms with Gasteiger partial charge in [0.25, 0.3) is 0 Å². The standard InChI is InChI=1S/C18H19F3N2O/c1-12-4-2-5-13(10-12)16(23-18(24)22-9-8-19)11-14-6-3-7-15(20)17(14)21/h2-7,10,16H,8-9,11H2,1H3,(H2,22,23,24). The van der Waals surface area contributed by atoms with Crippen molar-refractivity contribution in [1.29, 1.82) is 0 Å². The summed E-state index contributed by atoms with van der Waals surface area (Å²) in [6, 6.07) is 10.2. The number of carbonyl (C=O) groups excluding carboxylic acids is 1. The molecule has 1 atom stereocenters. The number of carbonyl (C=O) groups is 1. The molecule has 2 aromatic carbocycles. The summed E-state index contributed by atoms with van der Waals surface area (Å²) in [5.74, 6) is -1.86. The Balaban J connectivity index is 2.25. The highest BCUT2D eigenvalue weighted by atomic mass is 19.2. The van der Waals surface area contributed by atoms with Crippen LogP contribution in [0.2, 0.25) is 0 Å². The maximum absolute atomic E-state index is 13.9. The van der Waals surface area contributed by atoms with Crippen LogP contribution in [0.1, 0.15) is 22.7 Å². The van der Waals surface area contributed by atoms with E-state index in [1.165, 1.54) is 12.1 Å². The highest BCUT2D eigenvalue weighted by molar-refractivity contribution is 5.74. The molecule has 0 saturated heterocycles. The molecule has 0 spiro atoms. The van der Waals surface area contributed by atoms with Crippen LogP contribution in [0.4, 0.5) is 18.0 Å². The predicted octanol–water partition coefficient (Wildman–Crippen LogP) is 3.83. The number of aryl methyl sites for hydroxylation is 1. The molecule has 128 valence electrons. The van der Waals surface area contributed by atoms with Crippen molar-refractivity contribution in [2.24, 2.45) is 0 Å². The zero-order valence-electron chi connectivity index (χ0n) is 13.3. The molecule has 0 aliphatic rings. The number of halogens is 3. The van der Waals surface area contributed by atoms with E-state index in [4.69, 9.17) is 0 Å². The fraction of sp³-hybridized carbons (Fsp3) is 0.278. The average molecular weight is 336 g/mol. The fourth-order valence-corrected chi connectivity index (χ4v) is 2.44. The average Bonchev–Trinajstić information content (AvgIpc) is 2.56. The lowest BCUT2D eigenvalue weighted by Gasteiger charge is -2.20. The summed E-state index contributed by atoms with van der Waals surface area (Å²) in [5.41, 5.74) is 1.89. The molecule has 0 bridgehead atoms. The molecular weight excluding hydrogens is 317 g/mol. The molecule has 0 saturated carbocycles. The Bertz CT molecular complexity index is 706. The summed E-state index contributed by atoms with van der Waals surface area (Å²) >= 11 is 0. The summed E-state index contributed by atoms with van der Waals surface area (Å²) < 4.78 is 39.5. The summed E-state index contributed by atoms with van der Waals surface area (Å²) in [6.07, 6.45) is 0.0795. The Morgan fingerprint density at radius 2 is 1.92 bits per heavy atom. The van der Waals surface area contributed by atoms with Gasteiger partial charge in [-0.1, -0.05) is 42.0 Å². The third kappa shape index (κ3) is 4.75. The minimum Gasteiger partial charge on any atom is -0.336 e. The number of amides is 2. The van der Waals surface area contributed by atoms with Crippen LogP contribution in [0.3, 0.4) is 0 Å². The molecule has 0 aliphatic heterocycles. The van der Waals surface area contributed by atoms with Crippen molar-refractivity contribution in [2.45, 2.75) is 19.4 Å². The number of hydrogen-bond acceptors (Lipinski definition) is 1. The Morgan fingerprint density at radius 1 is 1.17 bits per heavy atom. The number of rotatable bonds is 6. The minimum atomic E-state index is -0.933. The first-order valence-electron chi connectivity index (χ1n) is 7.61. The number of benzene rings is 2. The van der Waals surface area contributed by atoms with Gasteiger partial charge in [0.2, 0.25) is 0 Å². The maximum Gasteiger partial charge on any atom is 0.315 e. The summed E-state index contributed by atoms with van der Waals surface area (Å²) in [4.78, 5) is 11.9. The van der Waals surface area contributed by atoms with E-state index in [9.17, 15) is 18.0 Å².